The molecule has 0 radical (unpaired) electrons. The van der Waals surface area contributed by atoms with E-state index in [1.807, 2.05) is 0 Å². The number of esters is 1. The Morgan fingerprint density at radius 3 is 0.980 bits per heavy atom. The van der Waals surface area contributed by atoms with Crippen LogP contribution in [0.1, 0.15) is 19.3 Å². The highest BCUT2D eigenvalue weighted by molar-refractivity contribution is 6.06. The molecule has 0 aromatic heterocycles. The molecule has 36 nitrogen and oxygen atoms in total. The Labute approximate surface area is 593 Å². The Morgan fingerprint density at radius 2 is 0.703 bits per heavy atom. The highest BCUT2D eigenvalue weighted by atomic mass is 16.6. The summed E-state index contributed by atoms with van der Waals surface area (Å²) in [6.45, 7) is 17.9. The van der Waals surface area contributed by atoms with E-state index >= 15 is 0 Å². The topological polar surface area (TPSA) is 435 Å². The van der Waals surface area contributed by atoms with Crippen molar-refractivity contribution in [3.05, 3.63) is 12.2 Å². The first-order chi connectivity index (χ1) is 49.5. The molecule has 1 aliphatic heterocycles. The lowest BCUT2D eigenvalue weighted by Gasteiger charge is -2.18. The van der Waals surface area contributed by atoms with E-state index in [0.717, 1.165) is 13.5 Å². The van der Waals surface area contributed by atoms with Gasteiger partial charge in [0.25, 0.3) is 0 Å². The van der Waals surface area contributed by atoms with Crippen molar-refractivity contribution < 1.29 is 133 Å². The van der Waals surface area contributed by atoms with Gasteiger partial charge in [0.2, 0.25) is 29.5 Å². The summed E-state index contributed by atoms with van der Waals surface area (Å²) in [5.41, 5.74) is 16.3. The SMILES string of the molecule is COC(=O)CC(NC(=O)CNC(=O)C(N)CCN=C(N)N)C(=O)NCCOCCOCCOCCOCCOCCOCCOCCOCCOCCOCCOCCOCCOCCOCCOCCOCCOCCOCCOCCOCCOCCN1C(=O)[C@@H]2[C@H](C1=O)[C@H]1C=C[C@@H]2C1. The molecule has 3 rings (SSSR count). The summed E-state index contributed by atoms with van der Waals surface area (Å²) in [6, 6.07) is -2.22. The van der Waals surface area contributed by atoms with Gasteiger partial charge in [-0.05, 0) is 24.7 Å². The predicted molar refractivity (Wildman–Crippen MR) is 359 cm³/mol. The average Bonchev–Trinajstić information content (AvgIpc) is 1.58. The van der Waals surface area contributed by atoms with Crippen molar-refractivity contribution in [2.24, 2.45) is 45.9 Å². The van der Waals surface area contributed by atoms with Gasteiger partial charge in [-0.1, -0.05) is 12.2 Å². The van der Waals surface area contributed by atoms with Crippen LogP contribution in [0.3, 0.4) is 0 Å². The number of aliphatic imine (C=N–C) groups is 1. The molecular weight excluding hydrogens is 1340 g/mol. The highest BCUT2D eigenvalue weighted by Gasteiger charge is 2.59. The maximum Gasteiger partial charge on any atom is 0.308 e. The zero-order chi connectivity index (χ0) is 72.5. The summed E-state index contributed by atoms with van der Waals surface area (Å²) in [6.07, 6.45) is 4.83. The van der Waals surface area contributed by atoms with Crippen LogP contribution in [0, 0.1) is 23.7 Å². The number of rotatable bonds is 76. The molecule has 3 aliphatic rings. The summed E-state index contributed by atoms with van der Waals surface area (Å²) in [5, 5.41) is 7.34. The lowest BCUT2D eigenvalue weighted by atomic mass is 9.85. The van der Waals surface area contributed by atoms with Crippen LogP contribution in [-0.2, 0) is 133 Å². The number of allylic oxidation sites excluding steroid dienone is 2. The van der Waals surface area contributed by atoms with Crippen molar-refractivity contribution >= 4 is 41.5 Å². The molecular formula is C65H118N8O28. The number of methoxy groups -OCH3 is 1. The van der Waals surface area contributed by atoms with Crippen LogP contribution in [0.4, 0.5) is 0 Å². The van der Waals surface area contributed by atoms with Crippen molar-refractivity contribution in [2.45, 2.75) is 31.3 Å². The van der Waals surface area contributed by atoms with Gasteiger partial charge in [0.1, 0.15) is 6.04 Å². The lowest BCUT2D eigenvalue weighted by Crippen LogP contribution is -2.52. The molecule has 1 heterocycles. The first-order valence-corrected chi connectivity index (χ1v) is 34.9. The molecule has 586 valence electrons. The zero-order valence-corrected chi connectivity index (χ0v) is 59.3. The molecule has 6 atom stereocenters. The first-order valence-electron chi connectivity index (χ1n) is 34.9. The Bertz CT molecular complexity index is 2120. The number of hydrogen-bond acceptors (Lipinski definition) is 30. The van der Waals surface area contributed by atoms with Gasteiger partial charge in [-0.2, -0.15) is 0 Å². The van der Waals surface area contributed by atoms with E-state index in [0.29, 0.717) is 271 Å². The molecule has 9 N–H and O–H groups in total. The minimum Gasteiger partial charge on any atom is -0.469 e. The Balaban J connectivity index is 0.878. The molecule has 0 spiro atoms. The summed E-state index contributed by atoms with van der Waals surface area (Å²) >= 11 is 0. The number of amides is 5. The smallest absolute Gasteiger partial charge is 0.308 e. The molecule has 36 heteroatoms. The predicted octanol–water partition coefficient (Wildman–Crippen LogP) is -3.59. The van der Waals surface area contributed by atoms with E-state index in [1.54, 1.807) is 0 Å². The molecule has 5 amide bonds. The third kappa shape index (κ3) is 48.7. The van der Waals surface area contributed by atoms with E-state index in [-0.39, 0.29) is 74.2 Å². The second kappa shape index (κ2) is 64.7. The first kappa shape index (κ1) is 90.4. The third-order valence-corrected chi connectivity index (χ3v) is 14.8. The number of nitrogens with one attached hydrogen (secondary N) is 3. The van der Waals surface area contributed by atoms with E-state index in [9.17, 15) is 28.8 Å². The second-order valence-electron chi connectivity index (χ2n) is 22.3. The number of ether oxygens (including phenoxy) is 22. The maximum atomic E-state index is 12.7. The minimum atomic E-state index is -1.25. The average molecular weight is 1460 g/mol. The van der Waals surface area contributed by atoms with Gasteiger partial charge in [-0.25, -0.2) is 0 Å². The van der Waals surface area contributed by atoms with Gasteiger partial charge in [0.15, 0.2) is 5.96 Å². The Kier molecular flexibility index (Phi) is 57.9. The summed E-state index contributed by atoms with van der Waals surface area (Å²) in [7, 11) is 1.15. The van der Waals surface area contributed by atoms with Crippen molar-refractivity contribution in [2.75, 3.05) is 311 Å². The van der Waals surface area contributed by atoms with Crippen LogP contribution in [0.2, 0.25) is 0 Å². The van der Waals surface area contributed by atoms with Crippen LogP contribution in [0.15, 0.2) is 17.1 Å². The van der Waals surface area contributed by atoms with Crippen molar-refractivity contribution in [1.29, 1.82) is 0 Å². The Hall–Kier alpha value is -4.85. The largest absolute Gasteiger partial charge is 0.469 e. The van der Waals surface area contributed by atoms with Gasteiger partial charge in [0, 0.05) is 13.1 Å². The number of fused-ring (bicyclic) bond motifs is 5. The molecule has 2 aliphatic carbocycles. The van der Waals surface area contributed by atoms with E-state index < -0.39 is 48.7 Å². The van der Waals surface area contributed by atoms with Crippen LogP contribution in [0.25, 0.3) is 0 Å². The molecule has 0 aromatic carbocycles. The van der Waals surface area contributed by atoms with E-state index in [1.165, 1.54) is 4.90 Å². The lowest BCUT2D eigenvalue weighted by molar-refractivity contribution is -0.144. The third-order valence-electron chi connectivity index (χ3n) is 14.8. The van der Waals surface area contributed by atoms with Gasteiger partial charge >= 0.3 is 5.97 Å². The zero-order valence-electron chi connectivity index (χ0n) is 59.3. The normalized spacial score (nSPS) is 16.7. The van der Waals surface area contributed by atoms with Gasteiger partial charge in [-0.3, -0.25) is 38.7 Å². The standard InChI is InChI=1S/C65H118N8O28/c1-80-58(75)51-56(72-57(74)52-71-61(76)55(66)4-5-70-65(67)68)62(77)69-6-8-81-10-12-83-14-16-85-18-20-87-22-24-89-26-28-91-30-32-93-34-36-95-38-40-97-42-44-99-46-48-101-49-47-100-45-43-98-41-39-96-37-35-94-33-31-92-29-27-90-25-23-88-21-19-86-17-15-84-13-11-82-9-7-73-63(78)59-53-2-3-54(50-53)60(59)64(73)79/h2-3,53-56,59-60H,4-52,66H2,1H3,(H,69,77)(H,71,76)(H,72,74)(H4,67,68,70)/t53-,54+,55?,56?,59+,60-. The molecule has 2 bridgehead atoms. The summed E-state index contributed by atoms with van der Waals surface area (Å²) in [4.78, 5) is 79.7. The quantitative estimate of drug-likeness (QED) is 0.00856. The summed E-state index contributed by atoms with van der Waals surface area (Å²) < 4.78 is 121. The molecule has 2 fully saturated rings. The number of likely N-dealkylation sites (tertiary alicyclic amines) is 1. The van der Waals surface area contributed by atoms with Gasteiger partial charge in [-0.15, -0.1) is 0 Å². The Morgan fingerprint density at radius 1 is 0.426 bits per heavy atom. The summed E-state index contributed by atoms with van der Waals surface area (Å²) in [5.74, 6) is -2.82. The van der Waals surface area contributed by atoms with Crippen LogP contribution >= 0.6 is 0 Å². The van der Waals surface area contributed by atoms with Crippen LogP contribution < -0.4 is 33.2 Å². The number of nitrogens with zero attached hydrogens (tertiary/aromatic N) is 2. The molecule has 1 saturated heterocycles. The van der Waals surface area contributed by atoms with Gasteiger partial charge in [0.05, 0.1) is 322 Å². The number of imide groups is 1. The van der Waals surface area contributed by atoms with Crippen LogP contribution in [-0.4, -0.2) is 369 Å². The van der Waals surface area contributed by atoms with Crippen molar-refractivity contribution in [3.8, 4) is 0 Å². The fraction of sp³-hybridized carbons (Fsp3) is 0.862. The number of hydrogen-bond donors (Lipinski definition) is 6. The molecule has 2 unspecified atom stereocenters. The number of nitrogens with two attached hydrogens (primary N) is 3. The second-order valence-corrected chi connectivity index (χ2v) is 22.3. The minimum absolute atomic E-state index is 0.0423. The number of carbonyl (C=O) groups is 6. The molecule has 0 aromatic rings. The van der Waals surface area contributed by atoms with E-state index in [4.69, 9.17) is 117 Å². The fourth-order valence-electron chi connectivity index (χ4n) is 9.68. The monoisotopic (exact) mass is 1460 g/mol. The highest BCUT2D eigenvalue weighted by Crippen LogP contribution is 2.52. The molecule has 1 saturated carbocycles. The van der Waals surface area contributed by atoms with Crippen molar-refractivity contribution in [3.63, 3.8) is 0 Å². The maximum absolute atomic E-state index is 12.7. The fourth-order valence-corrected chi connectivity index (χ4v) is 9.68. The number of carbonyl (C=O) groups excluding carboxylic acids is 6. The van der Waals surface area contributed by atoms with Gasteiger partial charge < -0.3 is 137 Å². The van der Waals surface area contributed by atoms with Crippen LogP contribution in [0.5, 0.6) is 0 Å². The van der Waals surface area contributed by atoms with Crippen molar-refractivity contribution in [1.82, 2.24) is 20.9 Å². The number of guanidine groups is 1. The van der Waals surface area contributed by atoms with E-state index in [2.05, 4.69) is 37.8 Å². The molecule has 101 heavy (non-hydrogen) atoms.